The third-order valence-electron chi connectivity index (χ3n) is 4.03. The number of hydrogen-bond acceptors (Lipinski definition) is 5. The van der Waals surface area contributed by atoms with E-state index in [1.54, 1.807) is 24.3 Å². The highest BCUT2D eigenvalue weighted by Crippen LogP contribution is 2.29. The highest BCUT2D eigenvalue weighted by molar-refractivity contribution is 6.34. The highest BCUT2D eigenvalue weighted by atomic mass is 35.5. The summed E-state index contributed by atoms with van der Waals surface area (Å²) in [5.74, 6) is 0.00501. The molecule has 0 unspecified atom stereocenters. The lowest BCUT2D eigenvalue weighted by molar-refractivity contribution is 0.102. The van der Waals surface area contributed by atoms with E-state index < -0.39 is 5.91 Å². The minimum atomic E-state index is -0.429. The van der Waals surface area contributed by atoms with Gasteiger partial charge < -0.3 is 10.4 Å². The number of anilines is 1. The summed E-state index contributed by atoms with van der Waals surface area (Å²) in [5.41, 5.74) is 2.18. The third-order valence-corrected chi connectivity index (χ3v) is 4.34. The molecule has 7 heteroatoms. The van der Waals surface area contributed by atoms with Gasteiger partial charge in [0.15, 0.2) is 12.5 Å². The lowest BCUT2D eigenvalue weighted by atomic mass is 9.86. The van der Waals surface area contributed by atoms with Crippen LogP contribution in [0.15, 0.2) is 51.6 Å². The van der Waals surface area contributed by atoms with E-state index in [0.717, 1.165) is 11.1 Å². The minimum Gasteiger partial charge on any atom is -0.507 e. The number of hydrogen-bond donors (Lipinski definition) is 2. The van der Waals surface area contributed by atoms with Crippen molar-refractivity contribution in [2.24, 2.45) is 15.2 Å². The Morgan fingerprint density at radius 3 is 2.58 bits per heavy atom. The molecule has 2 N–H and O–H groups in total. The number of rotatable bonds is 3. The van der Waals surface area contributed by atoms with Crippen molar-refractivity contribution in [1.29, 1.82) is 0 Å². The highest BCUT2D eigenvalue weighted by Gasteiger charge is 2.19. The zero-order valence-electron chi connectivity index (χ0n) is 14.7. The van der Waals surface area contributed by atoms with Gasteiger partial charge >= 0.3 is 0 Å². The van der Waals surface area contributed by atoms with Crippen molar-refractivity contribution < 1.29 is 9.90 Å². The molecule has 0 bridgehead atoms. The molecule has 6 nitrogen and oxygen atoms in total. The fourth-order valence-corrected chi connectivity index (χ4v) is 2.74. The minimum absolute atomic E-state index is 0.0797. The van der Waals surface area contributed by atoms with E-state index in [-0.39, 0.29) is 16.7 Å². The first-order chi connectivity index (χ1) is 12.3. The van der Waals surface area contributed by atoms with Crippen LogP contribution in [0.4, 0.5) is 5.69 Å². The maximum absolute atomic E-state index is 12.6. The number of amidine groups is 1. The van der Waals surface area contributed by atoms with Crippen LogP contribution in [0, 0.1) is 0 Å². The van der Waals surface area contributed by atoms with E-state index in [1.165, 1.54) is 6.07 Å². The van der Waals surface area contributed by atoms with Crippen molar-refractivity contribution in [3.05, 3.63) is 58.1 Å². The lowest BCUT2D eigenvalue weighted by Gasteiger charge is -2.20. The fraction of sp³-hybridized carbons (Fsp3) is 0.263. The number of benzene rings is 2. The van der Waals surface area contributed by atoms with Crippen molar-refractivity contribution in [2.75, 3.05) is 12.0 Å². The summed E-state index contributed by atoms with van der Waals surface area (Å²) in [6.45, 7) is 6.44. The van der Waals surface area contributed by atoms with Gasteiger partial charge in [-0.15, -0.1) is 5.11 Å². The number of nitrogens with one attached hydrogen (secondary N) is 1. The molecule has 1 amide bonds. The summed E-state index contributed by atoms with van der Waals surface area (Å²) in [5, 5.41) is 20.9. The molecular weight excluding hydrogens is 352 g/mol. The van der Waals surface area contributed by atoms with Crippen molar-refractivity contribution in [1.82, 2.24) is 0 Å². The lowest BCUT2D eigenvalue weighted by Crippen LogP contribution is -2.16. The zero-order valence-corrected chi connectivity index (χ0v) is 15.5. The number of aromatic hydroxyl groups is 1. The molecule has 134 valence electrons. The van der Waals surface area contributed by atoms with Gasteiger partial charge in [0.25, 0.3) is 5.91 Å². The Kier molecular flexibility index (Phi) is 4.78. The second-order valence-electron chi connectivity index (χ2n) is 7.00. The smallest absolute Gasteiger partial charge is 0.259 e. The molecule has 0 saturated heterocycles. The van der Waals surface area contributed by atoms with Gasteiger partial charge in [0, 0.05) is 5.56 Å². The van der Waals surface area contributed by atoms with Gasteiger partial charge in [0.05, 0.1) is 16.3 Å². The monoisotopic (exact) mass is 370 g/mol. The average molecular weight is 371 g/mol. The number of aliphatic imine (C=N–C) groups is 1. The zero-order chi connectivity index (χ0) is 18.9. The maximum Gasteiger partial charge on any atom is 0.259 e. The Hall–Kier alpha value is -2.73. The molecule has 0 aromatic heterocycles. The van der Waals surface area contributed by atoms with Gasteiger partial charge in [-0.05, 0) is 41.3 Å². The summed E-state index contributed by atoms with van der Waals surface area (Å²) in [6.07, 6.45) is 0. The number of nitrogens with zero attached hydrogens (tertiary/aromatic N) is 3. The van der Waals surface area contributed by atoms with Gasteiger partial charge in [-0.2, -0.15) is 5.11 Å². The molecule has 0 radical (unpaired) electrons. The Morgan fingerprint density at radius 1 is 1.19 bits per heavy atom. The number of phenolic OH excluding ortho intramolecular Hbond substituents is 1. The number of amides is 1. The molecule has 0 atom stereocenters. The number of carbonyl (C=O) groups is 1. The van der Waals surface area contributed by atoms with E-state index in [2.05, 4.69) is 20.5 Å². The molecule has 3 rings (SSSR count). The molecule has 0 spiro atoms. The Bertz CT molecular complexity index is 930. The Labute approximate surface area is 156 Å². The summed E-state index contributed by atoms with van der Waals surface area (Å²) >= 11 is 6.28. The van der Waals surface area contributed by atoms with E-state index >= 15 is 0 Å². The van der Waals surface area contributed by atoms with Crippen molar-refractivity contribution >= 4 is 29.0 Å². The van der Waals surface area contributed by atoms with E-state index in [0.29, 0.717) is 23.2 Å². The van der Waals surface area contributed by atoms with Crippen LogP contribution in [0.3, 0.4) is 0 Å². The molecule has 2 aromatic carbocycles. The van der Waals surface area contributed by atoms with Crippen LogP contribution in [0.2, 0.25) is 5.02 Å². The largest absolute Gasteiger partial charge is 0.507 e. The van der Waals surface area contributed by atoms with Crippen LogP contribution in [-0.4, -0.2) is 23.5 Å². The van der Waals surface area contributed by atoms with Crippen LogP contribution in [-0.2, 0) is 5.41 Å². The van der Waals surface area contributed by atoms with Crippen LogP contribution < -0.4 is 5.32 Å². The molecule has 1 heterocycles. The van der Waals surface area contributed by atoms with E-state index in [4.69, 9.17) is 11.6 Å². The SMILES string of the molecule is CC(C)(C)c1ccc(O)c(C(=O)Nc2ccc(C3=NCN=N3)cc2Cl)c1. The standard InChI is InChI=1S/C19H19ClN4O2/c1-19(2,3)12-5-7-16(25)13(9-12)18(26)23-15-6-4-11(8-14(15)20)17-21-10-22-24-17/h4-9,25H,10H2,1-3H3,(H,23,26). The maximum atomic E-state index is 12.6. The fourth-order valence-electron chi connectivity index (χ4n) is 2.51. The van der Waals surface area contributed by atoms with Crippen LogP contribution >= 0.6 is 11.6 Å². The second kappa shape index (κ2) is 6.88. The topological polar surface area (TPSA) is 86.4 Å². The number of carbonyl (C=O) groups excluding carboxylic acids is 1. The predicted molar refractivity (Wildman–Crippen MR) is 102 cm³/mol. The van der Waals surface area contributed by atoms with Gasteiger partial charge in [-0.3, -0.25) is 4.79 Å². The van der Waals surface area contributed by atoms with Crippen molar-refractivity contribution in [3.63, 3.8) is 0 Å². The van der Waals surface area contributed by atoms with E-state index in [9.17, 15) is 9.90 Å². The first-order valence-corrected chi connectivity index (χ1v) is 8.50. The van der Waals surface area contributed by atoms with Crippen LogP contribution in [0.5, 0.6) is 5.75 Å². The van der Waals surface area contributed by atoms with Crippen LogP contribution in [0.1, 0.15) is 42.3 Å². The summed E-state index contributed by atoms with van der Waals surface area (Å²) in [7, 11) is 0. The molecular formula is C19H19ClN4O2. The van der Waals surface area contributed by atoms with Gasteiger partial charge in [-0.1, -0.05) is 38.4 Å². The third kappa shape index (κ3) is 3.75. The molecule has 0 fully saturated rings. The quantitative estimate of drug-likeness (QED) is 0.815. The van der Waals surface area contributed by atoms with Crippen molar-refractivity contribution in [2.45, 2.75) is 26.2 Å². The van der Waals surface area contributed by atoms with Gasteiger partial charge in [-0.25, -0.2) is 4.99 Å². The van der Waals surface area contributed by atoms with Crippen LogP contribution in [0.25, 0.3) is 0 Å². The van der Waals surface area contributed by atoms with Crippen molar-refractivity contribution in [3.8, 4) is 5.75 Å². The summed E-state index contributed by atoms with van der Waals surface area (Å²) in [4.78, 5) is 16.8. The summed E-state index contributed by atoms with van der Waals surface area (Å²) < 4.78 is 0. The number of phenols is 1. The Balaban J connectivity index is 1.85. The van der Waals surface area contributed by atoms with E-state index in [1.807, 2.05) is 26.8 Å². The average Bonchev–Trinajstić information content (AvgIpc) is 3.10. The number of halogens is 1. The second-order valence-corrected chi connectivity index (χ2v) is 7.40. The molecule has 2 aromatic rings. The molecule has 1 aliphatic rings. The molecule has 26 heavy (non-hydrogen) atoms. The molecule has 0 saturated carbocycles. The van der Waals surface area contributed by atoms with Gasteiger partial charge in [0.1, 0.15) is 5.75 Å². The van der Waals surface area contributed by atoms with Gasteiger partial charge in [0.2, 0.25) is 0 Å². The first kappa shape index (κ1) is 18.1. The normalized spacial score (nSPS) is 13.6. The molecule has 0 aliphatic carbocycles. The first-order valence-electron chi connectivity index (χ1n) is 8.12. The predicted octanol–water partition coefficient (Wildman–Crippen LogP) is 4.77. The summed E-state index contributed by atoms with van der Waals surface area (Å²) in [6, 6.07) is 10.1. The number of azo groups is 1. The molecule has 1 aliphatic heterocycles. The Morgan fingerprint density at radius 2 is 1.96 bits per heavy atom.